The number of benzene rings is 1. The van der Waals surface area contributed by atoms with Crippen LogP contribution in [0.1, 0.15) is 32.3 Å². The van der Waals surface area contributed by atoms with Gasteiger partial charge in [0, 0.05) is 19.0 Å². The maximum Gasteiger partial charge on any atom is 0.142 e. The molecule has 1 aromatic carbocycles. The Bertz CT molecular complexity index is 370. The van der Waals surface area contributed by atoms with E-state index in [-0.39, 0.29) is 16.3 Å². The normalized spacial score (nSPS) is 11.8. The Balaban J connectivity index is 2.58. The first-order valence-electron chi connectivity index (χ1n) is 6.28. The highest BCUT2D eigenvalue weighted by Crippen LogP contribution is 2.27. The van der Waals surface area contributed by atoms with E-state index >= 15 is 0 Å². The second kappa shape index (κ2) is 7.32. The second-order valence-corrected chi connectivity index (χ2v) is 5.30. The van der Waals surface area contributed by atoms with Crippen LogP contribution < -0.4 is 5.32 Å². The van der Waals surface area contributed by atoms with Crippen molar-refractivity contribution in [2.24, 2.45) is 5.41 Å². The number of hydrogen-bond donors (Lipinski definition) is 1. The number of nitrogens with one attached hydrogen (secondary N) is 1. The van der Waals surface area contributed by atoms with Crippen molar-refractivity contribution in [1.29, 1.82) is 0 Å². The summed E-state index contributed by atoms with van der Waals surface area (Å²) in [6.07, 6.45) is 2.05. The highest BCUT2D eigenvalue weighted by molar-refractivity contribution is 6.31. The molecule has 0 spiro atoms. The van der Waals surface area contributed by atoms with E-state index in [0.29, 0.717) is 12.4 Å². The monoisotopic (exact) mass is 291 g/mol. The van der Waals surface area contributed by atoms with Gasteiger partial charge in [-0.3, -0.25) is 0 Å². The fourth-order valence-corrected chi connectivity index (χ4v) is 2.55. The molecule has 1 N–H and O–H groups in total. The molecule has 0 fully saturated rings. The van der Waals surface area contributed by atoms with E-state index in [0.717, 1.165) is 24.9 Å². The lowest BCUT2D eigenvalue weighted by atomic mass is 9.84. The average molecular weight is 292 g/mol. The van der Waals surface area contributed by atoms with Crippen LogP contribution in [-0.4, -0.2) is 12.4 Å². The van der Waals surface area contributed by atoms with Crippen molar-refractivity contribution in [1.82, 2.24) is 5.32 Å². The lowest BCUT2D eigenvalue weighted by Gasteiger charge is -2.29. The molecule has 0 bridgehead atoms. The van der Waals surface area contributed by atoms with Gasteiger partial charge in [-0.1, -0.05) is 37.6 Å². The van der Waals surface area contributed by atoms with Gasteiger partial charge in [0.05, 0.1) is 5.02 Å². The van der Waals surface area contributed by atoms with E-state index < -0.39 is 0 Å². The summed E-state index contributed by atoms with van der Waals surface area (Å²) < 4.78 is 13.3. The van der Waals surface area contributed by atoms with E-state index in [1.165, 1.54) is 6.07 Å². The quantitative estimate of drug-likeness (QED) is 0.723. The minimum Gasteiger partial charge on any atom is -0.312 e. The van der Waals surface area contributed by atoms with Crippen molar-refractivity contribution in [2.45, 2.75) is 33.2 Å². The van der Waals surface area contributed by atoms with E-state index in [9.17, 15) is 4.39 Å². The van der Waals surface area contributed by atoms with Crippen LogP contribution in [0.25, 0.3) is 0 Å². The van der Waals surface area contributed by atoms with Crippen LogP contribution in [0, 0.1) is 11.2 Å². The Morgan fingerprint density at radius 2 is 1.94 bits per heavy atom. The summed E-state index contributed by atoms with van der Waals surface area (Å²) in [5.41, 5.74) is 0.897. The molecule has 0 heterocycles. The first kappa shape index (κ1) is 15.7. The molecule has 1 aromatic rings. The molecule has 0 radical (unpaired) electrons. The molecule has 1 nitrogen and oxygen atoms in total. The minimum absolute atomic E-state index is 0.112. The molecule has 0 saturated carbocycles. The van der Waals surface area contributed by atoms with Gasteiger partial charge in [0.2, 0.25) is 0 Å². The van der Waals surface area contributed by atoms with Crippen molar-refractivity contribution in [2.75, 3.05) is 12.4 Å². The molecular weight excluding hydrogens is 272 g/mol. The molecule has 0 aliphatic heterocycles. The zero-order chi connectivity index (χ0) is 13.6. The topological polar surface area (TPSA) is 12.0 Å². The van der Waals surface area contributed by atoms with Crippen molar-refractivity contribution in [3.8, 4) is 0 Å². The Morgan fingerprint density at radius 1 is 1.28 bits per heavy atom. The average Bonchev–Trinajstić information content (AvgIpc) is 2.40. The Morgan fingerprint density at radius 3 is 2.50 bits per heavy atom. The van der Waals surface area contributed by atoms with Crippen LogP contribution in [0.2, 0.25) is 5.02 Å². The number of rotatable bonds is 7. The van der Waals surface area contributed by atoms with E-state index in [1.54, 1.807) is 6.07 Å². The molecule has 0 aliphatic carbocycles. The van der Waals surface area contributed by atoms with Crippen LogP contribution in [0.3, 0.4) is 0 Å². The van der Waals surface area contributed by atoms with Gasteiger partial charge in [-0.25, -0.2) is 4.39 Å². The molecule has 0 atom stereocenters. The molecule has 18 heavy (non-hydrogen) atoms. The molecule has 0 unspecified atom stereocenters. The van der Waals surface area contributed by atoms with Crippen LogP contribution >= 0.6 is 23.2 Å². The summed E-state index contributed by atoms with van der Waals surface area (Å²) in [5.74, 6) is 0.259. The highest BCUT2D eigenvalue weighted by atomic mass is 35.5. The number of hydrogen-bond acceptors (Lipinski definition) is 1. The van der Waals surface area contributed by atoms with Gasteiger partial charge in [0.15, 0.2) is 0 Å². The third-order valence-electron chi connectivity index (χ3n) is 3.63. The molecule has 0 aromatic heterocycles. The van der Waals surface area contributed by atoms with E-state index in [4.69, 9.17) is 23.2 Å². The SMILES string of the molecule is CCC(CC)(CCl)CNCc1cccc(F)c1Cl. The number of halogens is 3. The Hall–Kier alpha value is -0.310. The summed E-state index contributed by atoms with van der Waals surface area (Å²) in [6, 6.07) is 4.87. The maximum absolute atomic E-state index is 13.3. The van der Waals surface area contributed by atoms with Crippen molar-refractivity contribution < 1.29 is 4.39 Å². The fraction of sp³-hybridized carbons (Fsp3) is 0.571. The molecule has 1 rings (SSSR count). The molecule has 0 amide bonds. The van der Waals surface area contributed by atoms with Crippen molar-refractivity contribution in [3.63, 3.8) is 0 Å². The summed E-state index contributed by atoms with van der Waals surface area (Å²) in [5, 5.41) is 3.53. The van der Waals surface area contributed by atoms with Crippen LogP contribution in [-0.2, 0) is 6.54 Å². The lowest BCUT2D eigenvalue weighted by Crippen LogP contribution is -2.34. The molecule has 0 aliphatic rings. The van der Waals surface area contributed by atoms with Crippen LogP contribution in [0.15, 0.2) is 18.2 Å². The van der Waals surface area contributed by atoms with Crippen molar-refractivity contribution >= 4 is 23.2 Å². The minimum atomic E-state index is -0.370. The second-order valence-electron chi connectivity index (χ2n) is 4.66. The van der Waals surface area contributed by atoms with Gasteiger partial charge in [-0.05, 0) is 29.9 Å². The summed E-state index contributed by atoms with van der Waals surface area (Å²) in [6.45, 7) is 5.66. The highest BCUT2D eigenvalue weighted by Gasteiger charge is 2.24. The Labute approximate surface area is 119 Å². The van der Waals surface area contributed by atoms with Crippen LogP contribution in [0.4, 0.5) is 4.39 Å². The van der Waals surface area contributed by atoms with Gasteiger partial charge >= 0.3 is 0 Å². The molecule has 0 saturated heterocycles. The lowest BCUT2D eigenvalue weighted by molar-refractivity contribution is 0.286. The standard InChI is InChI=1S/C14H20Cl2FN/c1-3-14(4-2,9-15)10-18-8-11-6-5-7-12(17)13(11)16/h5-7,18H,3-4,8-10H2,1-2H3. The van der Waals surface area contributed by atoms with Gasteiger partial charge in [-0.15, -0.1) is 11.6 Å². The largest absolute Gasteiger partial charge is 0.312 e. The first-order chi connectivity index (χ1) is 8.58. The summed E-state index contributed by atoms with van der Waals surface area (Å²) >= 11 is 11.9. The number of alkyl halides is 1. The predicted molar refractivity (Wildman–Crippen MR) is 76.9 cm³/mol. The third kappa shape index (κ3) is 3.84. The zero-order valence-corrected chi connectivity index (χ0v) is 12.4. The molecule has 102 valence electrons. The van der Waals surface area contributed by atoms with E-state index in [1.807, 2.05) is 6.07 Å². The zero-order valence-electron chi connectivity index (χ0n) is 10.9. The predicted octanol–water partition coefficient (Wildman–Crippen LogP) is 4.61. The van der Waals surface area contributed by atoms with Gasteiger partial charge in [-0.2, -0.15) is 0 Å². The molecular formula is C14H20Cl2FN. The van der Waals surface area contributed by atoms with Crippen LogP contribution in [0.5, 0.6) is 0 Å². The van der Waals surface area contributed by atoms with Gasteiger partial charge in [0.25, 0.3) is 0 Å². The summed E-state index contributed by atoms with van der Waals surface area (Å²) in [7, 11) is 0. The first-order valence-corrected chi connectivity index (χ1v) is 7.19. The molecule has 4 heteroatoms. The fourth-order valence-electron chi connectivity index (χ4n) is 1.88. The third-order valence-corrected chi connectivity index (χ3v) is 4.62. The Kier molecular flexibility index (Phi) is 6.40. The van der Waals surface area contributed by atoms with Gasteiger partial charge < -0.3 is 5.32 Å². The maximum atomic E-state index is 13.3. The van der Waals surface area contributed by atoms with Crippen molar-refractivity contribution in [3.05, 3.63) is 34.6 Å². The summed E-state index contributed by atoms with van der Waals surface area (Å²) in [4.78, 5) is 0. The van der Waals surface area contributed by atoms with Gasteiger partial charge in [0.1, 0.15) is 5.82 Å². The smallest absolute Gasteiger partial charge is 0.142 e. The van der Waals surface area contributed by atoms with E-state index in [2.05, 4.69) is 19.2 Å².